The standard InChI is InChI=1S/C20H34B/c1-11-15-7-13(19(15,3)4)9-17(11)21-18-10-14-8-16(12(18)2)20(14,5)6/h11-18H,7-10H2,1-6H3/t11-,12-,13+,14+,15-,16-,17-,18?/m1/s1. The van der Waals surface area contributed by atoms with Gasteiger partial charge in [-0.15, -0.1) is 0 Å². The van der Waals surface area contributed by atoms with E-state index in [2.05, 4.69) is 48.8 Å². The first-order valence-electron chi connectivity index (χ1n) is 9.58. The van der Waals surface area contributed by atoms with E-state index >= 15 is 0 Å². The van der Waals surface area contributed by atoms with Crippen molar-refractivity contribution in [3.05, 3.63) is 0 Å². The summed E-state index contributed by atoms with van der Waals surface area (Å²) in [5.74, 6) is 7.76. The van der Waals surface area contributed by atoms with Crippen LogP contribution in [0.1, 0.15) is 67.2 Å². The van der Waals surface area contributed by atoms with Crippen molar-refractivity contribution in [3.8, 4) is 0 Å². The molecule has 0 spiro atoms. The van der Waals surface area contributed by atoms with Crippen molar-refractivity contribution in [3.63, 3.8) is 0 Å². The van der Waals surface area contributed by atoms with Crippen LogP contribution in [-0.4, -0.2) is 7.28 Å². The summed E-state index contributed by atoms with van der Waals surface area (Å²) in [7, 11) is 2.86. The summed E-state index contributed by atoms with van der Waals surface area (Å²) in [6.07, 6.45) is 6.03. The molecular weight excluding hydrogens is 251 g/mol. The molecule has 4 bridgehead atoms. The quantitative estimate of drug-likeness (QED) is 0.573. The van der Waals surface area contributed by atoms with Gasteiger partial charge >= 0.3 is 0 Å². The Morgan fingerprint density at radius 1 is 0.667 bits per heavy atom. The third-order valence-corrected chi connectivity index (χ3v) is 9.32. The zero-order valence-corrected chi connectivity index (χ0v) is 15.0. The van der Waals surface area contributed by atoms with E-state index in [1.54, 1.807) is 0 Å². The summed E-state index contributed by atoms with van der Waals surface area (Å²) in [6.45, 7) is 15.2. The minimum Gasteiger partial charge on any atom is -0.0655 e. The number of hydrogen-bond donors (Lipinski definition) is 0. The minimum absolute atomic E-state index is 0.645. The summed E-state index contributed by atoms with van der Waals surface area (Å²) < 4.78 is 0. The lowest BCUT2D eigenvalue weighted by Crippen LogP contribution is -2.57. The topological polar surface area (TPSA) is 0 Å². The van der Waals surface area contributed by atoms with Crippen molar-refractivity contribution in [2.45, 2.75) is 78.9 Å². The Bertz CT molecular complexity index is 397. The molecule has 6 aliphatic rings. The summed E-state index contributed by atoms with van der Waals surface area (Å²) in [6, 6.07) is 0. The molecule has 6 aliphatic carbocycles. The maximum absolute atomic E-state index is 2.86. The summed E-state index contributed by atoms with van der Waals surface area (Å²) in [5, 5.41) is 0. The van der Waals surface area contributed by atoms with Crippen LogP contribution in [0, 0.1) is 46.3 Å². The number of rotatable bonds is 2. The Hall–Kier alpha value is 0.0649. The Labute approximate surface area is 133 Å². The second-order valence-electron chi connectivity index (χ2n) is 10.4. The molecule has 117 valence electrons. The van der Waals surface area contributed by atoms with Crippen LogP contribution in [0.15, 0.2) is 0 Å². The Morgan fingerprint density at radius 2 is 1.05 bits per heavy atom. The fourth-order valence-corrected chi connectivity index (χ4v) is 7.21. The highest BCUT2D eigenvalue weighted by Gasteiger charge is 2.59. The normalized spacial score (nSPS) is 56.1. The molecule has 0 aromatic rings. The lowest BCUT2D eigenvalue weighted by atomic mass is 9.31. The van der Waals surface area contributed by atoms with Crippen LogP contribution in [0.25, 0.3) is 0 Å². The molecule has 1 unspecified atom stereocenters. The molecule has 21 heavy (non-hydrogen) atoms. The highest BCUT2D eigenvalue weighted by molar-refractivity contribution is 6.40. The SMILES string of the molecule is C[C@H]1[C@H]([B]C2C[C@@H]3C[C@H]([C@H]2C)C3(C)C)C[C@@H]2C[C@H]1C2(C)C. The minimum atomic E-state index is 0.645. The van der Waals surface area contributed by atoms with Gasteiger partial charge in [-0.1, -0.05) is 66.0 Å². The molecule has 0 saturated heterocycles. The molecule has 0 amide bonds. The van der Waals surface area contributed by atoms with Gasteiger partial charge in [-0.25, -0.2) is 0 Å². The molecule has 0 aliphatic heterocycles. The van der Waals surface area contributed by atoms with E-state index in [4.69, 9.17) is 0 Å². The molecule has 1 heteroatoms. The van der Waals surface area contributed by atoms with Gasteiger partial charge < -0.3 is 0 Å². The Balaban J connectivity index is 1.42. The van der Waals surface area contributed by atoms with Gasteiger partial charge in [0.1, 0.15) is 7.28 Å². The zero-order valence-electron chi connectivity index (χ0n) is 15.0. The number of hydrogen-bond acceptors (Lipinski definition) is 0. The lowest BCUT2D eigenvalue weighted by Gasteiger charge is -2.65. The molecule has 8 atom stereocenters. The summed E-state index contributed by atoms with van der Waals surface area (Å²) in [4.78, 5) is 0. The molecule has 0 aromatic carbocycles. The van der Waals surface area contributed by atoms with Crippen molar-refractivity contribution in [2.24, 2.45) is 46.3 Å². The van der Waals surface area contributed by atoms with Crippen LogP contribution in [0.3, 0.4) is 0 Å². The molecular formula is C20H34B. The van der Waals surface area contributed by atoms with Crippen LogP contribution in [-0.2, 0) is 0 Å². The van der Waals surface area contributed by atoms with E-state index in [1.165, 1.54) is 25.7 Å². The molecule has 0 nitrogen and oxygen atoms in total. The van der Waals surface area contributed by atoms with E-state index in [1.807, 2.05) is 0 Å². The Morgan fingerprint density at radius 3 is 1.33 bits per heavy atom. The second kappa shape index (κ2) is 4.32. The first kappa shape index (κ1) is 14.6. The Kier molecular flexibility index (Phi) is 3.02. The van der Waals surface area contributed by atoms with E-state index < -0.39 is 0 Å². The maximum atomic E-state index is 2.86. The van der Waals surface area contributed by atoms with Gasteiger partial charge in [0.25, 0.3) is 0 Å². The fourth-order valence-electron chi connectivity index (χ4n) is 7.21. The summed E-state index contributed by atoms with van der Waals surface area (Å²) in [5.41, 5.74) is 1.29. The molecule has 0 heterocycles. The fraction of sp³-hybridized carbons (Fsp3) is 1.00. The van der Waals surface area contributed by atoms with Crippen LogP contribution in [0.2, 0.25) is 11.6 Å². The highest BCUT2D eigenvalue weighted by Crippen LogP contribution is 2.68. The second-order valence-corrected chi connectivity index (χ2v) is 10.4. The van der Waals surface area contributed by atoms with Gasteiger partial charge in [-0.3, -0.25) is 0 Å². The van der Waals surface area contributed by atoms with E-state index in [9.17, 15) is 0 Å². The van der Waals surface area contributed by atoms with Crippen molar-refractivity contribution in [1.82, 2.24) is 0 Å². The average Bonchev–Trinajstić information content (AvgIpc) is 2.41. The van der Waals surface area contributed by atoms with Gasteiger partial charge in [0.05, 0.1) is 0 Å². The molecule has 6 saturated carbocycles. The van der Waals surface area contributed by atoms with Gasteiger partial charge in [0.15, 0.2) is 0 Å². The predicted molar refractivity (Wildman–Crippen MR) is 91.6 cm³/mol. The average molecular weight is 285 g/mol. The van der Waals surface area contributed by atoms with Crippen LogP contribution < -0.4 is 0 Å². The third kappa shape index (κ3) is 1.81. The monoisotopic (exact) mass is 285 g/mol. The van der Waals surface area contributed by atoms with Gasteiger partial charge in [0.2, 0.25) is 0 Å². The zero-order chi connectivity index (χ0) is 15.2. The van der Waals surface area contributed by atoms with E-state index in [-0.39, 0.29) is 0 Å². The molecule has 6 fully saturated rings. The highest BCUT2D eigenvalue weighted by atomic mass is 14.6. The van der Waals surface area contributed by atoms with Gasteiger partial charge in [-0.2, -0.15) is 0 Å². The van der Waals surface area contributed by atoms with E-state index in [0.717, 1.165) is 47.1 Å². The van der Waals surface area contributed by atoms with E-state index in [0.29, 0.717) is 10.8 Å². The third-order valence-electron chi connectivity index (χ3n) is 9.32. The van der Waals surface area contributed by atoms with Crippen LogP contribution >= 0.6 is 0 Å². The smallest absolute Gasteiger partial charge is 0.0655 e. The first-order valence-corrected chi connectivity index (χ1v) is 9.58. The van der Waals surface area contributed by atoms with Gasteiger partial charge in [-0.05, 0) is 59.2 Å². The van der Waals surface area contributed by atoms with Crippen LogP contribution in [0.4, 0.5) is 0 Å². The molecule has 6 rings (SSSR count). The van der Waals surface area contributed by atoms with Crippen molar-refractivity contribution >= 4 is 7.28 Å². The van der Waals surface area contributed by atoms with Gasteiger partial charge in [0, 0.05) is 0 Å². The van der Waals surface area contributed by atoms with Crippen molar-refractivity contribution in [1.29, 1.82) is 0 Å². The van der Waals surface area contributed by atoms with Crippen LogP contribution in [0.5, 0.6) is 0 Å². The molecule has 0 aromatic heterocycles. The van der Waals surface area contributed by atoms with Crippen molar-refractivity contribution in [2.75, 3.05) is 0 Å². The lowest BCUT2D eigenvalue weighted by molar-refractivity contribution is -0.106. The van der Waals surface area contributed by atoms with Crippen molar-refractivity contribution < 1.29 is 0 Å². The summed E-state index contributed by atoms with van der Waals surface area (Å²) >= 11 is 0. The predicted octanol–water partition coefficient (Wildman–Crippen LogP) is 5.67. The maximum Gasteiger partial charge on any atom is 0.118 e. The molecule has 1 radical (unpaired) electrons. The number of fused-ring (bicyclic) bond motifs is 4. The largest absolute Gasteiger partial charge is 0.118 e. The first-order chi connectivity index (χ1) is 9.73. The molecule has 0 N–H and O–H groups in total.